The normalized spacial score (nSPS) is 17.9. The molecule has 8 heteroatoms. The summed E-state index contributed by atoms with van der Waals surface area (Å²) >= 11 is 7.40. The zero-order chi connectivity index (χ0) is 22.1. The van der Waals surface area contributed by atoms with Crippen LogP contribution in [0, 0.1) is 5.82 Å². The maximum absolute atomic E-state index is 14.1. The fraction of sp³-hybridized carbons (Fsp3) is 0.167. The van der Waals surface area contributed by atoms with E-state index in [1.165, 1.54) is 17.8 Å². The Morgan fingerprint density at radius 2 is 1.78 bits per heavy atom. The van der Waals surface area contributed by atoms with E-state index in [1.807, 2.05) is 41.3 Å². The van der Waals surface area contributed by atoms with Crippen LogP contribution in [0.4, 0.5) is 10.1 Å². The average molecular weight is 468 g/mol. The van der Waals surface area contributed by atoms with Crippen LogP contribution in [0.2, 0.25) is 5.02 Å². The van der Waals surface area contributed by atoms with Crippen molar-refractivity contribution in [3.8, 4) is 11.3 Å². The highest BCUT2D eigenvalue weighted by Crippen LogP contribution is 2.33. The molecule has 32 heavy (non-hydrogen) atoms. The van der Waals surface area contributed by atoms with Crippen LogP contribution in [0.1, 0.15) is 5.76 Å². The summed E-state index contributed by atoms with van der Waals surface area (Å²) in [6, 6.07) is 17.9. The molecular weight excluding hydrogens is 449 g/mol. The lowest BCUT2D eigenvalue weighted by Crippen LogP contribution is -2.48. The molecule has 5 rings (SSSR count). The Morgan fingerprint density at radius 1 is 1.00 bits per heavy atom. The van der Waals surface area contributed by atoms with E-state index in [1.54, 1.807) is 24.3 Å². The quantitative estimate of drug-likeness (QED) is 0.474. The predicted molar refractivity (Wildman–Crippen MR) is 127 cm³/mol. The standard InChI is InChI=1S/C24H19ClFN3O2S/c25-17-5-3-4-16(14-17)21-9-8-18(31-21)15-22-23(30)27-24(32-22)29-12-10-28(11-13-29)20-7-2-1-6-19(20)26/h1-9,14-15H,10-13H2. The van der Waals surface area contributed by atoms with Gasteiger partial charge in [-0.25, -0.2) is 4.39 Å². The highest BCUT2D eigenvalue weighted by atomic mass is 35.5. The maximum atomic E-state index is 14.1. The number of amidine groups is 1. The lowest BCUT2D eigenvalue weighted by Gasteiger charge is -2.36. The van der Waals surface area contributed by atoms with Crippen molar-refractivity contribution < 1.29 is 13.6 Å². The first-order valence-electron chi connectivity index (χ1n) is 10.2. The number of carbonyl (C=O) groups is 1. The van der Waals surface area contributed by atoms with Crippen LogP contribution in [-0.2, 0) is 4.79 Å². The number of amides is 1. The number of carbonyl (C=O) groups excluding carboxylic acids is 1. The van der Waals surface area contributed by atoms with Gasteiger partial charge in [0, 0.05) is 42.8 Å². The largest absolute Gasteiger partial charge is 0.457 e. The minimum atomic E-state index is -0.276. The van der Waals surface area contributed by atoms with Gasteiger partial charge in [-0.15, -0.1) is 0 Å². The van der Waals surface area contributed by atoms with Crippen molar-refractivity contribution in [2.24, 2.45) is 4.99 Å². The van der Waals surface area contributed by atoms with Crippen molar-refractivity contribution in [2.75, 3.05) is 31.1 Å². The number of piperazine rings is 1. The number of para-hydroxylation sites is 1. The van der Waals surface area contributed by atoms with Gasteiger partial charge in [0.15, 0.2) is 5.17 Å². The minimum Gasteiger partial charge on any atom is -0.457 e. The molecule has 3 aromatic rings. The lowest BCUT2D eigenvalue weighted by atomic mass is 10.2. The Bertz CT molecular complexity index is 1230. The first-order chi connectivity index (χ1) is 15.6. The van der Waals surface area contributed by atoms with Crippen molar-refractivity contribution in [2.45, 2.75) is 0 Å². The second-order valence-electron chi connectivity index (χ2n) is 7.45. The first-order valence-corrected chi connectivity index (χ1v) is 11.4. The molecule has 5 nitrogen and oxygen atoms in total. The molecule has 0 spiro atoms. The van der Waals surface area contributed by atoms with Crippen LogP contribution in [0.15, 0.2) is 75.0 Å². The fourth-order valence-corrected chi connectivity index (χ4v) is 4.87. The molecule has 162 valence electrons. The second kappa shape index (κ2) is 8.84. The van der Waals surface area contributed by atoms with Crippen LogP contribution in [0.25, 0.3) is 17.4 Å². The van der Waals surface area contributed by atoms with Gasteiger partial charge < -0.3 is 14.2 Å². The molecule has 2 aromatic carbocycles. The molecule has 2 aliphatic rings. The van der Waals surface area contributed by atoms with Gasteiger partial charge in [0.1, 0.15) is 17.3 Å². The van der Waals surface area contributed by atoms with Crippen molar-refractivity contribution >= 4 is 46.2 Å². The molecule has 1 saturated heterocycles. The van der Waals surface area contributed by atoms with Gasteiger partial charge in [0.25, 0.3) is 5.91 Å². The molecule has 0 saturated carbocycles. The van der Waals surface area contributed by atoms with Crippen LogP contribution in [0.3, 0.4) is 0 Å². The number of rotatable bonds is 3. The van der Waals surface area contributed by atoms with E-state index in [9.17, 15) is 9.18 Å². The van der Waals surface area contributed by atoms with Gasteiger partial charge in [0.05, 0.1) is 10.6 Å². The molecule has 0 radical (unpaired) electrons. The number of hydrogen-bond acceptors (Lipinski definition) is 5. The van der Waals surface area contributed by atoms with Gasteiger partial charge >= 0.3 is 0 Å². The Labute approximate surface area is 194 Å². The molecule has 0 atom stereocenters. The summed E-state index contributed by atoms with van der Waals surface area (Å²) in [5.74, 6) is 0.767. The van der Waals surface area contributed by atoms with Crippen molar-refractivity contribution in [3.05, 3.63) is 82.2 Å². The van der Waals surface area contributed by atoms with Crippen LogP contribution >= 0.6 is 23.4 Å². The number of hydrogen-bond donors (Lipinski definition) is 0. The minimum absolute atomic E-state index is 0.218. The number of anilines is 1. The van der Waals surface area contributed by atoms with E-state index < -0.39 is 0 Å². The van der Waals surface area contributed by atoms with Gasteiger partial charge in [0.2, 0.25) is 0 Å². The predicted octanol–water partition coefficient (Wildman–Crippen LogP) is 5.53. The Morgan fingerprint density at radius 3 is 2.56 bits per heavy atom. The molecule has 1 aromatic heterocycles. The average Bonchev–Trinajstić information content (AvgIpc) is 3.41. The van der Waals surface area contributed by atoms with Crippen LogP contribution < -0.4 is 4.90 Å². The molecule has 1 fully saturated rings. The van der Waals surface area contributed by atoms with Crippen molar-refractivity contribution in [1.82, 2.24) is 4.90 Å². The highest BCUT2D eigenvalue weighted by Gasteiger charge is 2.29. The Kier molecular flexibility index (Phi) is 5.76. The number of benzene rings is 2. The molecule has 1 amide bonds. The summed E-state index contributed by atoms with van der Waals surface area (Å²) in [7, 11) is 0. The molecule has 2 aliphatic heterocycles. The molecular formula is C24H19ClFN3O2S. The van der Waals surface area contributed by atoms with Crippen LogP contribution in [0.5, 0.6) is 0 Å². The Balaban J connectivity index is 1.24. The number of thioether (sulfide) groups is 1. The summed E-state index contributed by atoms with van der Waals surface area (Å²) in [6.07, 6.45) is 1.72. The van der Waals surface area contributed by atoms with Gasteiger partial charge in [-0.2, -0.15) is 4.99 Å². The van der Waals surface area contributed by atoms with Gasteiger partial charge in [-0.1, -0.05) is 35.9 Å². The van der Waals surface area contributed by atoms with Gasteiger partial charge in [-0.3, -0.25) is 4.79 Å². The molecule has 0 aliphatic carbocycles. The van der Waals surface area contributed by atoms with E-state index >= 15 is 0 Å². The summed E-state index contributed by atoms with van der Waals surface area (Å²) in [6.45, 7) is 2.66. The second-order valence-corrected chi connectivity index (χ2v) is 8.89. The number of nitrogens with zero attached hydrogens (tertiary/aromatic N) is 3. The third kappa shape index (κ3) is 4.31. The molecule has 0 N–H and O–H groups in total. The molecule has 3 heterocycles. The first kappa shape index (κ1) is 20.8. The van der Waals surface area contributed by atoms with Crippen molar-refractivity contribution in [3.63, 3.8) is 0 Å². The van der Waals surface area contributed by atoms with E-state index in [4.69, 9.17) is 16.0 Å². The molecule has 0 bridgehead atoms. The lowest BCUT2D eigenvalue weighted by molar-refractivity contribution is -0.113. The smallest absolute Gasteiger partial charge is 0.286 e. The molecule has 0 unspecified atom stereocenters. The zero-order valence-electron chi connectivity index (χ0n) is 17.0. The van der Waals surface area contributed by atoms with Crippen LogP contribution in [-0.4, -0.2) is 42.2 Å². The fourth-order valence-electron chi connectivity index (χ4n) is 3.74. The summed E-state index contributed by atoms with van der Waals surface area (Å²) < 4.78 is 19.9. The maximum Gasteiger partial charge on any atom is 0.286 e. The third-order valence-electron chi connectivity index (χ3n) is 5.36. The number of halogens is 2. The number of furan rings is 1. The van der Waals surface area contributed by atoms with Crippen molar-refractivity contribution in [1.29, 1.82) is 0 Å². The SMILES string of the molecule is O=C1N=C(N2CCN(c3ccccc3F)CC2)SC1=Cc1ccc(-c2cccc(Cl)c2)o1. The van der Waals surface area contributed by atoms with Gasteiger partial charge in [-0.05, 0) is 48.2 Å². The van der Waals surface area contributed by atoms with E-state index in [0.29, 0.717) is 58.5 Å². The summed E-state index contributed by atoms with van der Waals surface area (Å²) in [5.41, 5.74) is 1.48. The third-order valence-corrected chi connectivity index (χ3v) is 6.64. The monoisotopic (exact) mass is 467 g/mol. The highest BCUT2D eigenvalue weighted by molar-refractivity contribution is 8.18. The number of aliphatic imine (C=N–C) groups is 1. The van der Waals surface area contributed by atoms with E-state index in [-0.39, 0.29) is 11.7 Å². The Hall–Kier alpha value is -3.03. The van der Waals surface area contributed by atoms with E-state index in [0.717, 1.165) is 5.56 Å². The zero-order valence-corrected chi connectivity index (χ0v) is 18.6. The van der Waals surface area contributed by atoms with E-state index in [2.05, 4.69) is 9.89 Å². The summed E-state index contributed by atoms with van der Waals surface area (Å²) in [4.78, 5) is 21.3. The summed E-state index contributed by atoms with van der Waals surface area (Å²) in [5, 5.41) is 1.31. The topological polar surface area (TPSA) is 49.1 Å².